The Kier molecular flexibility index (Phi) is 9.72. The van der Waals surface area contributed by atoms with Crippen LogP contribution in [0.15, 0.2) is 46.7 Å². The van der Waals surface area contributed by atoms with Crippen LogP contribution in [-0.2, 0) is 21.2 Å². The van der Waals surface area contributed by atoms with Gasteiger partial charge in [-0.25, -0.2) is 18.7 Å². The van der Waals surface area contributed by atoms with E-state index in [1.165, 1.54) is 41.7 Å². The number of carbonyl (C=O) groups excluding carboxylic acids is 2. The summed E-state index contributed by atoms with van der Waals surface area (Å²) in [5.41, 5.74) is 1.46. The van der Waals surface area contributed by atoms with Crippen molar-refractivity contribution in [1.29, 1.82) is 0 Å². The number of nitrogens with one attached hydrogen (secondary N) is 4. The van der Waals surface area contributed by atoms with Crippen LogP contribution in [0.1, 0.15) is 17.7 Å². The number of sulfonamides is 1. The monoisotopic (exact) mass is 470 g/mol. The van der Waals surface area contributed by atoms with Gasteiger partial charge >= 0.3 is 6.03 Å². The summed E-state index contributed by atoms with van der Waals surface area (Å²) in [4.78, 5) is 24.8. The van der Waals surface area contributed by atoms with Gasteiger partial charge in [-0.3, -0.25) is 10.0 Å². The van der Waals surface area contributed by atoms with Crippen LogP contribution in [0.25, 0.3) is 0 Å². The van der Waals surface area contributed by atoms with Gasteiger partial charge in [0.25, 0.3) is 5.91 Å². The fourth-order valence-corrected chi connectivity index (χ4v) is 4.60. The highest BCUT2D eigenvalue weighted by molar-refractivity contribution is 7.89. The molecule has 1 aromatic carbocycles. The van der Waals surface area contributed by atoms with Crippen molar-refractivity contribution in [2.45, 2.75) is 30.2 Å². The lowest BCUT2D eigenvalue weighted by molar-refractivity contribution is -0.131. The molecule has 0 unspecified atom stereocenters. The summed E-state index contributed by atoms with van der Waals surface area (Å²) in [6.07, 6.45) is 1.11. The Hall–Kier alpha value is -2.67. The molecule has 10 nitrogen and oxygen atoms in total. The van der Waals surface area contributed by atoms with E-state index in [1.54, 1.807) is 11.3 Å². The zero-order valence-electron chi connectivity index (χ0n) is 17.0. The SMILES string of the molecule is COc1ccc(S(=O)(=O)N[C@H](CCCNC(=O)NCCc2cccs2)C(=O)NO)cc1. The molecule has 0 fully saturated rings. The van der Waals surface area contributed by atoms with Crippen LogP contribution in [0, 0.1) is 0 Å². The summed E-state index contributed by atoms with van der Waals surface area (Å²) in [5.74, 6) is -0.402. The van der Waals surface area contributed by atoms with Crippen molar-refractivity contribution >= 4 is 33.3 Å². The van der Waals surface area contributed by atoms with E-state index in [4.69, 9.17) is 9.94 Å². The number of carbonyl (C=O) groups is 2. The van der Waals surface area contributed by atoms with Crippen LogP contribution in [0.3, 0.4) is 0 Å². The van der Waals surface area contributed by atoms with Crippen molar-refractivity contribution in [2.24, 2.45) is 0 Å². The van der Waals surface area contributed by atoms with Crippen LogP contribution in [0.5, 0.6) is 5.75 Å². The lowest BCUT2D eigenvalue weighted by atomic mass is 10.1. The van der Waals surface area contributed by atoms with Gasteiger partial charge in [0.15, 0.2) is 0 Å². The minimum Gasteiger partial charge on any atom is -0.497 e. The maximum absolute atomic E-state index is 12.5. The summed E-state index contributed by atoms with van der Waals surface area (Å²) in [5, 5.41) is 16.3. The van der Waals surface area contributed by atoms with Crippen LogP contribution in [0.4, 0.5) is 4.79 Å². The first-order chi connectivity index (χ1) is 14.9. The number of benzene rings is 1. The highest BCUT2D eigenvalue weighted by atomic mass is 32.2. The van der Waals surface area contributed by atoms with Gasteiger partial charge in [-0.2, -0.15) is 4.72 Å². The Morgan fingerprint density at radius 3 is 2.45 bits per heavy atom. The average Bonchev–Trinajstić information content (AvgIpc) is 3.28. The van der Waals surface area contributed by atoms with Crippen LogP contribution < -0.4 is 25.6 Å². The number of methoxy groups -OCH3 is 1. The van der Waals surface area contributed by atoms with Gasteiger partial charge in [0, 0.05) is 18.0 Å². The normalized spacial score (nSPS) is 12.1. The molecule has 12 heteroatoms. The average molecular weight is 471 g/mol. The molecule has 1 heterocycles. The molecule has 0 radical (unpaired) electrons. The molecule has 0 aliphatic heterocycles. The highest BCUT2D eigenvalue weighted by Gasteiger charge is 2.25. The van der Waals surface area contributed by atoms with Gasteiger partial charge in [-0.1, -0.05) is 6.07 Å². The highest BCUT2D eigenvalue weighted by Crippen LogP contribution is 2.16. The number of urea groups is 1. The molecule has 1 aromatic heterocycles. The molecular formula is C19H26N4O6S2. The van der Waals surface area contributed by atoms with Gasteiger partial charge in [0.2, 0.25) is 10.0 Å². The van der Waals surface area contributed by atoms with E-state index in [2.05, 4.69) is 15.4 Å². The molecule has 0 saturated carbocycles. The lowest BCUT2D eigenvalue weighted by Gasteiger charge is -2.17. The third kappa shape index (κ3) is 8.17. The van der Waals surface area contributed by atoms with Crippen molar-refractivity contribution in [1.82, 2.24) is 20.8 Å². The number of hydrogen-bond acceptors (Lipinski definition) is 7. The second-order valence-electron chi connectivity index (χ2n) is 6.48. The number of hydroxylamine groups is 1. The van der Waals surface area contributed by atoms with Crippen molar-refractivity contribution < 1.29 is 28.0 Å². The molecule has 5 N–H and O–H groups in total. The molecular weight excluding hydrogens is 444 g/mol. The molecule has 1 atom stereocenters. The van der Waals surface area contributed by atoms with Gasteiger partial charge in [-0.05, 0) is 55.0 Å². The number of ether oxygens (including phenoxy) is 1. The third-order valence-electron chi connectivity index (χ3n) is 4.29. The van der Waals surface area contributed by atoms with Gasteiger partial charge in [0.1, 0.15) is 11.8 Å². The molecule has 0 saturated heterocycles. The zero-order chi connectivity index (χ0) is 22.7. The summed E-state index contributed by atoms with van der Waals surface area (Å²) < 4.78 is 32.3. The van der Waals surface area contributed by atoms with Crippen LogP contribution in [0.2, 0.25) is 0 Å². The number of amides is 3. The summed E-state index contributed by atoms with van der Waals surface area (Å²) in [6.45, 7) is 0.716. The van der Waals surface area contributed by atoms with Crippen molar-refractivity contribution in [3.63, 3.8) is 0 Å². The number of rotatable bonds is 12. The standard InChI is InChI=1S/C19H26N4O6S2/c1-29-14-6-8-16(9-7-14)31(27,28)23-17(18(24)22-26)5-2-11-20-19(25)21-12-10-15-4-3-13-30-15/h3-4,6-9,13,17,23,26H,2,5,10-12H2,1H3,(H,22,24)(H2,20,21,25)/t17-/m1/s1. The lowest BCUT2D eigenvalue weighted by Crippen LogP contribution is -2.46. The molecule has 0 bridgehead atoms. The topological polar surface area (TPSA) is 146 Å². The molecule has 0 aliphatic carbocycles. The zero-order valence-corrected chi connectivity index (χ0v) is 18.6. The maximum atomic E-state index is 12.5. The third-order valence-corrected chi connectivity index (χ3v) is 6.71. The second kappa shape index (κ2) is 12.2. The van der Waals surface area contributed by atoms with E-state index in [-0.39, 0.29) is 23.9 Å². The Labute approximate surface area is 185 Å². The molecule has 2 rings (SSSR count). The summed E-state index contributed by atoms with van der Waals surface area (Å²) >= 11 is 1.62. The molecule has 170 valence electrons. The fourth-order valence-electron chi connectivity index (χ4n) is 2.66. The van der Waals surface area contributed by atoms with Crippen molar-refractivity contribution in [3.8, 4) is 5.75 Å². The largest absolute Gasteiger partial charge is 0.497 e. The minimum absolute atomic E-state index is 0.0488. The van der Waals surface area contributed by atoms with Crippen molar-refractivity contribution in [3.05, 3.63) is 46.7 Å². The summed E-state index contributed by atoms with van der Waals surface area (Å²) in [6, 6.07) is 8.03. The molecule has 0 spiro atoms. The summed E-state index contributed by atoms with van der Waals surface area (Å²) in [7, 11) is -2.54. The molecule has 3 amide bonds. The maximum Gasteiger partial charge on any atom is 0.314 e. The van der Waals surface area contributed by atoms with E-state index in [0.717, 1.165) is 6.42 Å². The van der Waals surface area contributed by atoms with Crippen LogP contribution >= 0.6 is 11.3 Å². The van der Waals surface area contributed by atoms with E-state index >= 15 is 0 Å². The number of hydrogen-bond donors (Lipinski definition) is 5. The van der Waals surface area contributed by atoms with E-state index in [9.17, 15) is 18.0 Å². The first-order valence-corrected chi connectivity index (χ1v) is 11.9. The predicted octanol–water partition coefficient (Wildman–Crippen LogP) is 1.23. The quantitative estimate of drug-likeness (QED) is 0.179. The van der Waals surface area contributed by atoms with Gasteiger partial charge < -0.3 is 15.4 Å². The minimum atomic E-state index is -4.00. The smallest absolute Gasteiger partial charge is 0.314 e. The predicted molar refractivity (Wildman–Crippen MR) is 116 cm³/mol. The molecule has 0 aliphatic rings. The van der Waals surface area contributed by atoms with Crippen molar-refractivity contribution in [2.75, 3.05) is 20.2 Å². The first-order valence-electron chi connectivity index (χ1n) is 9.50. The van der Waals surface area contributed by atoms with Gasteiger partial charge in [0.05, 0.1) is 12.0 Å². The Morgan fingerprint density at radius 1 is 1.13 bits per heavy atom. The molecule has 31 heavy (non-hydrogen) atoms. The van der Waals surface area contributed by atoms with E-state index in [0.29, 0.717) is 18.7 Å². The Bertz CT molecular complexity index is 933. The molecule has 2 aromatic rings. The fraction of sp³-hybridized carbons (Fsp3) is 0.368. The van der Waals surface area contributed by atoms with E-state index < -0.39 is 22.0 Å². The number of thiophene rings is 1. The first kappa shape index (κ1) is 24.6. The van der Waals surface area contributed by atoms with Crippen LogP contribution in [-0.4, -0.2) is 51.8 Å². The van der Waals surface area contributed by atoms with Gasteiger partial charge in [-0.15, -0.1) is 11.3 Å². The Morgan fingerprint density at radius 2 is 1.84 bits per heavy atom. The van der Waals surface area contributed by atoms with E-state index in [1.807, 2.05) is 17.5 Å². The second-order valence-corrected chi connectivity index (χ2v) is 9.23. The Balaban J connectivity index is 1.80.